The number of ether oxygens (including phenoxy) is 3. The minimum Gasteiger partial charge on any atom is -0.473 e. The number of nitrogens with zero attached hydrogens (tertiary/aromatic N) is 4. The van der Waals surface area contributed by atoms with E-state index in [0.717, 1.165) is 75.6 Å². The van der Waals surface area contributed by atoms with E-state index in [-0.39, 0.29) is 104 Å². The molecule has 4 aliphatic rings. The van der Waals surface area contributed by atoms with Crippen molar-refractivity contribution in [1.29, 1.82) is 0 Å². The number of hydrogen-bond donors (Lipinski definition) is 3. The third-order valence-electron chi connectivity index (χ3n) is 14.5. The first kappa shape index (κ1) is 62.7. The Hall–Kier alpha value is -6.13. The number of aliphatic hydroxyl groups excluding tert-OH is 1. The number of esters is 1. The lowest BCUT2D eigenvalue weighted by atomic mass is 9.92. The van der Waals surface area contributed by atoms with Crippen LogP contribution >= 0.6 is 0 Å². The zero-order chi connectivity index (χ0) is 58.1. The van der Waals surface area contributed by atoms with Crippen LogP contribution in [0.1, 0.15) is 178 Å². The number of halogens is 6. The van der Waals surface area contributed by atoms with E-state index in [1.54, 1.807) is 48.5 Å². The molecule has 2 unspecified atom stereocenters. The number of nitrogens with one attached hydrogen (secondary N) is 2. The van der Waals surface area contributed by atoms with E-state index in [1.165, 1.54) is 33.4 Å². The van der Waals surface area contributed by atoms with Crippen molar-refractivity contribution in [3.8, 4) is 11.5 Å². The second kappa shape index (κ2) is 26.2. The summed E-state index contributed by atoms with van der Waals surface area (Å²) in [6.45, 7) is 13.2. The van der Waals surface area contributed by atoms with Crippen molar-refractivity contribution in [3.63, 3.8) is 0 Å². The Balaban J connectivity index is 0.000000289. The summed E-state index contributed by atoms with van der Waals surface area (Å²) in [5.74, 6) is -4.55. The number of anilines is 2. The summed E-state index contributed by atoms with van der Waals surface area (Å²) in [5.41, 5.74) is -7.15. The molecule has 2 aromatic carbocycles. The number of aliphatic hydroxyl groups is 1. The largest absolute Gasteiger partial charge is 0.473 e. The molecule has 3 N–H and O–H groups in total. The minimum absolute atomic E-state index is 0.00712. The zero-order valence-electron chi connectivity index (χ0n) is 46.1. The lowest BCUT2D eigenvalue weighted by Gasteiger charge is -2.41. The van der Waals surface area contributed by atoms with Crippen LogP contribution in [0.5, 0.6) is 11.5 Å². The molecule has 2 atom stereocenters. The molecule has 2 aromatic rings. The Kier molecular flexibility index (Phi) is 21.1. The van der Waals surface area contributed by atoms with Gasteiger partial charge < -0.3 is 49.6 Å². The van der Waals surface area contributed by atoms with Gasteiger partial charge in [-0.15, -0.1) is 0 Å². The Morgan fingerprint density at radius 3 is 1.35 bits per heavy atom. The van der Waals surface area contributed by atoms with Gasteiger partial charge in [0.15, 0.2) is 0 Å². The number of benzene rings is 2. The summed E-state index contributed by atoms with van der Waals surface area (Å²) in [6.07, 6.45) is -0.846. The van der Waals surface area contributed by atoms with Crippen LogP contribution in [-0.4, -0.2) is 131 Å². The van der Waals surface area contributed by atoms with Gasteiger partial charge in [0.25, 0.3) is 23.6 Å². The monoisotopic (exact) mass is 1110 g/mol. The van der Waals surface area contributed by atoms with Gasteiger partial charge in [0.2, 0.25) is 23.0 Å². The third-order valence-corrected chi connectivity index (χ3v) is 14.5. The fourth-order valence-corrected chi connectivity index (χ4v) is 10.4. The standard InChI is InChI=1S/C29H40F3N3O6.C26H36F3N3O5/c1-6-24(36)33-13-14-34-22-15-20(26(38)35(18(3)4)19-11-9-8-10-12-19)21(29(30,31)32)16-23(22)41-28(5,27(34)39)17-40-25(37)7-2;1-5-22(34)30-11-12-31-20-13-18(23(35)32(16(2)3)17-9-7-6-8-10-17)19(26(27,28)29)14-21(20)37-25(4,15-33)24(31)36/h15-16,18-19H,6-14,17H2,1-5H3,(H,33,36);13-14,16-17,33H,5-12,15H2,1-4H3,(H,30,34). The van der Waals surface area contributed by atoms with Crippen LogP contribution in [0, 0.1) is 0 Å². The molecule has 2 aliphatic carbocycles. The van der Waals surface area contributed by atoms with Crippen LogP contribution in [0.3, 0.4) is 0 Å². The van der Waals surface area contributed by atoms with Gasteiger partial charge >= 0.3 is 18.3 Å². The number of carbonyl (C=O) groups excluding carboxylic acids is 7. The molecule has 434 valence electrons. The first-order chi connectivity index (χ1) is 36.6. The van der Waals surface area contributed by atoms with Crippen LogP contribution in [0.4, 0.5) is 37.7 Å². The molecule has 0 radical (unpaired) electrons. The van der Waals surface area contributed by atoms with Crippen LogP contribution < -0.4 is 29.9 Å². The number of fused-ring (bicyclic) bond motifs is 2. The van der Waals surface area contributed by atoms with Gasteiger partial charge in [-0.1, -0.05) is 59.3 Å². The summed E-state index contributed by atoms with van der Waals surface area (Å²) in [4.78, 5) is 95.3. The van der Waals surface area contributed by atoms with Gasteiger partial charge in [-0.25, -0.2) is 0 Å². The molecule has 2 heterocycles. The Labute approximate surface area is 452 Å². The Morgan fingerprint density at radius 2 is 1.01 bits per heavy atom. The quantitative estimate of drug-likeness (QED) is 0.0951. The summed E-state index contributed by atoms with van der Waals surface area (Å²) < 4.78 is 103. The van der Waals surface area contributed by atoms with Crippen LogP contribution in [-0.2, 0) is 41.1 Å². The van der Waals surface area contributed by atoms with Crippen molar-refractivity contribution in [2.45, 2.75) is 194 Å². The van der Waals surface area contributed by atoms with E-state index in [9.17, 15) is 65.0 Å². The Bertz CT molecular complexity index is 2510. The summed E-state index contributed by atoms with van der Waals surface area (Å²) in [5, 5.41) is 15.1. The number of hydrogen-bond acceptors (Lipinski definition) is 11. The summed E-state index contributed by atoms with van der Waals surface area (Å²) >= 11 is 0. The lowest BCUT2D eigenvalue weighted by molar-refractivity contribution is -0.154. The van der Waals surface area contributed by atoms with Gasteiger partial charge in [0.05, 0.1) is 40.2 Å². The van der Waals surface area contributed by atoms with Gasteiger partial charge in [0, 0.05) is 69.6 Å². The molecule has 0 spiro atoms. The normalized spacial score (nSPS) is 19.9. The molecule has 23 heteroatoms. The van der Waals surface area contributed by atoms with Crippen molar-refractivity contribution in [2.24, 2.45) is 0 Å². The topological polar surface area (TPSA) is 204 Å². The van der Waals surface area contributed by atoms with Gasteiger partial charge in [0.1, 0.15) is 18.1 Å². The molecule has 0 aromatic heterocycles. The average Bonchev–Trinajstić information content (AvgIpc) is 3.56. The predicted octanol–water partition coefficient (Wildman–Crippen LogP) is 8.74. The third kappa shape index (κ3) is 14.6. The van der Waals surface area contributed by atoms with Crippen molar-refractivity contribution in [3.05, 3.63) is 46.5 Å². The fourth-order valence-electron chi connectivity index (χ4n) is 10.4. The molecule has 0 bridgehead atoms. The van der Waals surface area contributed by atoms with Gasteiger partial charge in [-0.3, -0.25) is 33.6 Å². The highest BCUT2D eigenvalue weighted by Gasteiger charge is 2.50. The van der Waals surface area contributed by atoms with E-state index in [0.29, 0.717) is 12.8 Å². The molecule has 17 nitrogen and oxygen atoms in total. The maximum Gasteiger partial charge on any atom is 0.417 e. The second-order valence-electron chi connectivity index (χ2n) is 21.1. The molecule has 6 rings (SSSR count). The molecular formula is C55H76F6N6O11. The maximum atomic E-state index is 14.5. The zero-order valence-corrected chi connectivity index (χ0v) is 46.1. The average molecular weight is 1110 g/mol. The van der Waals surface area contributed by atoms with E-state index in [1.807, 2.05) is 0 Å². The van der Waals surface area contributed by atoms with E-state index in [2.05, 4.69) is 10.6 Å². The van der Waals surface area contributed by atoms with Crippen molar-refractivity contribution < 1.29 is 79.2 Å². The maximum absolute atomic E-state index is 14.5. The van der Waals surface area contributed by atoms with Crippen LogP contribution in [0.15, 0.2) is 24.3 Å². The number of rotatable bonds is 18. The highest BCUT2D eigenvalue weighted by atomic mass is 19.4. The molecule has 6 amide bonds. The summed E-state index contributed by atoms with van der Waals surface area (Å²) in [6, 6.07) is 2.57. The molecule has 2 saturated carbocycles. The smallest absolute Gasteiger partial charge is 0.417 e. The van der Waals surface area contributed by atoms with Crippen molar-refractivity contribution in [2.75, 3.05) is 49.2 Å². The number of carbonyl (C=O) groups is 7. The van der Waals surface area contributed by atoms with Gasteiger partial charge in [-0.05, 0) is 91.5 Å². The predicted molar refractivity (Wildman–Crippen MR) is 277 cm³/mol. The Morgan fingerprint density at radius 1 is 0.641 bits per heavy atom. The number of amides is 6. The van der Waals surface area contributed by atoms with Crippen molar-refractivity contribution in [1.82, 2.24) is 20.4 Å². The first-order valence-electron chi connectivity index (χ1n) is 27.0. The van der Waals surface area contributed by atoms with Crippen molar-refractivity contribution >= 4 is 52.8 Å². The number of alkyl halides is 6. The van der Waals surface area contributed by atoms with E-state index < -0.39 is 88.6 Å². The van der Waals surface area contributed by atoms with E-state index >= 15 is 0 Å². The van der Waals surface area contributed by atoms with Crippen LogP contribution in [0.2, 0.25) is 0 Å². The van der Waals surface area contributed by atoms with Crippen LogP contribution in [0.25, 0.3) is 0 Å². The molecule has 78 heavy (non-hydrogen) atoms. The lowest BCUT2D eigenvalue weighted by Crippen LogP contribution is -2.58. The second-order valence-corrected chi connectivity index (χ2v) is 21.1. The first-order valence-corrected chi connectivity index (χ1v) is 27.0. The minimum atomic E-state index is -4.90. The fraction of sp³-hybridized carbons (Fsp3) is 0.655. The molecule has 2 aliphatic heterocycles. The van der Waals surface area contributed by atoms with E-state index in [4.69, 9.17) is 14.2 Å². The van der Waals surface area contributed by atoms with Gasteiger partial charge in [-0.2, -0.15) is 26.3 Å². The molecular weight excluding hydrogens is 1030 g/mol. The highest BCUT2D eigenvalue weighted by Crippen LogP contribution is 2.47. The summed E-state index contributed by atoms with van der Waals surface area (Å²) in [7, 11) is 0. The molecule has 2 fully saturated rings. The highest BCUT2D eigenvalue weighted by molar-refractivity contribution is 6.07. The molecule has 0 saturated heterocycles. The SMILES string of the molecule is CCC(=O)NCCN1C(=O)C(C)(CO)Oc2cc(C(F)(F)F)c(C(=O)N(C(C)C)C3CCCCC3)cc21.CCC(=O)NCCN1C(=O)C(C)(COC(=O)CC)Oc2cc(C(F)(F)F)c(C(=O)N(C(C)C)C3CCCCC3)cc21.